The number of esters is 1. The third kappa shape index (κ3) is 3.71. The lowest BCUT2D eigenvalue weighted by Crippen LogP contribution is -2.26. The molecule has 1 aliphatic heterocycles. The Morgan fingerprint density at radius 3 is 2.57 bits per heavy atom. The molecule has 2 heterocycles. The molecule has 0 N–H and O–H groups in total. The van der Waals surface area contributed by atoms with Gasteiger partial charge in [-0.2, -0.15) is 4.98 Å². The molecular formula is C15H20N2O4. The largest absolute Gasteiger partial charge is 0.481 e. The summed E-state index contributed by atoms with van der Waals surface area (Å²) in [4.78, 5) is 29.8. The van der Waals surface area contributed by atoms with Gasteiger partial charge in [-0.1, -0.05) is 0 Å². The maximum absolute atomic E-state index is 12.2. The highest BCUT2D eigenvalue weighted by atomic mass is 16.6. The maximum atomic E-state index is 12.2. The molecule has 0 aliphatic carbocycles. The van der Waals surface area contributed by atoms with E-state index in [1.54, 1.807) is 31.7 Å². The van der Waals surface area contributed by atoms with Gasteiger partial charge in [0.05, 0.1) is 12.7 Å². The van der Waals surface area contributed by atoms with Crippen molar-refractivity contribution in [2.75, 3.05) is 18.6 Å². The van der Waals surface area contributed by atoms with Crippen LogP contribution in [0.5, 0.6) is 5.88 Å². The first-order valence-electron chi connectivity index (χ1n) is 6.90. The average Bonchev–Trinajstić information content (AvgIpc) is 2.82. The van der Waals surface area contributed by atoms with Crippen LogP contribution in [0.1, 0.15) is 44.0 Å². The van der Waals surface area contributed by atoms with Gasteiger partial charge in [0.15, 0.2) is 0 Å². The number of carbonyl (C=O) groups is 2. The third-order valence-corrected chi connectivity index (χ3v) is 2.98. The van der Waals surface area contributed by atoms with Gasteiger partial charge in [0.1, 0.15) is 11.4 Å². The van der Waals surface area contributed by atoms with Crippen LogP contribution >= 0.6 is 0 Å². The fraction of sp³-hybridized carbons (Fsp3) is 0.533. The smallest absolute Gasteiger partial charge is 0.338 e. The summed E-state index contributed by atoms with van der Waals surface area (Å²) in [6.07, 6.45) is 1.29. The Kier molecular flexibility index (Phi) is 4.16. The maximum Gasteiger partial charge on any atom is 0.338 e. The van der Waals surface area contributed by atoms with E-state index in [1.165, 1.54) is 13.2 Å². The predicted octanol–water partition coefficient (Wildman–Crippen LogP) is 2.17. The average molecular weight is 292 g/mol. The van der Waals surface area contributed by atoms with E-state index in [0.717, 1.165) is 6.42 Å². The van der Waals surface area contributed by atoms with Gasteiger partial charge in [-0.25, -0.2) is 4.79 Å². The van der Waals surface area contributed by atoms with Crippen molar-refractivity contribution < 1.29 is 19.1 Å². The van der Waals surface area contributed by atoms with Crippen molar-refractivity contribution in [2.24, 2.45) is 0 Å². The lowest BCUT2D eigenvalue weighted by molar-refractivity contribution is -0.117. The predicted molar refractivity (Wildman–Crippen MR) is 77.5 cm³/mol. The fourth-order valence-corrected chi connectivity index (χ4v) is 2.08. The molecule has 0 saturated carbocycles. The highest BCUT2D eigenvalue weighted by Gasteiger charge is 2.26. The van der Waals surface area contributed by atoms with E-state index in [9.17, 15) is 9.59 Å². The zero-order valence-electron chi connectivity index (χ0n) is 12.8. The quantitative estimate of drug-likeness (QED) is 0.799. The first-order valence-corrected chi connectivity index (χ1v) is 6.90. The second-order valence-corrected chi connectivity index (χ2v) is 5.91. The second-order valence-electron chi connectivity index (χ2n) is 5.91. The standard InChI is InChI=1S/C15H20N2O4/c1-15(2,3)21-14(19)10-8-11(16-12(9-10)20-4)17-7-5-6-13(17)18/h8-9H,5-7H2,1-4H3. The van der Waals surface area contributed by atoms with Crippen LogP contribution in [0, 0.1) is 0 Å². The lowest BCUT2D eigenvalue weighted by Gasteiger charge is -2.21. The molecule has 0 radical (unpaired) electrons. The van der Waals surface area contributed by atoms with Gasteiger partial charge < -0.3 is 9.47 Å². The summed E-state index contributed by atoms with van der Waals surface area (Å²) in [6.45, 7) is 6.00. The van der Waals surface area contributed by atoms with E-state index < -0.39 is 11.6 Å². The minimum atomic E-state index is -0.586. The molecule has 1 amide bonds. The summed E-state index contributed by atoms with van der Waals surface area (Å²) in [5.74, 6) is 0.257. The lowest BCUT2D eigenvalue weighted by atomic mass is 10.2. The number of amides is 1. The number of methoxy groups -OCH3 is 1. The van der Waals surface area contributed by atoms with Crippen LogP contribution in [0.25, 0.3) is 0 Å². The van der Waals surface area contributed by atoms with Gasteiger partial charge in [0.2, 0.25) is 11.8 Å². The summed E-state index contributed by atoms with van der Waals surface area (Å²) in [5, 5.41) is 0. The van der Waals surface area contributed by atoms with E-state index in [1.807, 2.05) is 0 Å². The van der Waals surface area contributed by atoms with Crippen molar-refractivity contribution >= 4 is 17.7 Å². The summed E-state index contributed by atoms with van der Waals surface area (Å²) in [5.41, 5.74) is -0.261. The van der Waals surface area contributed by atoms with Crippen molar-refractivity contribution in [3.8, 4) is 5.88 Å². The normalized spacial score (nSPS) is 15.2. The molecule has 1 aromatic rings. The van der Waals surface area contributed by atoms with Gasteiger partial charge in [-0.15, -0.1) is 0 Å². The van der Waals surface area contributed by atoms with Crippen LogP contribution in [0.4, 0.5) is 5.82 Å². The molecule has 1 saturated heterocycles. The topological polar surface area (TPSA) is 68.7 Å². The Hall–Kier alpha value is -2.11. The molecule has 1 aliphatic rings. The molecule has 0 unspecified atom stereocenters. The van der Waals surface area contributed by atoms with E-state index >= 15 is 0 Å². The number of nitrogens with zero attached hydrogens (tertiary/aromatic N) is 2. The van der Waals surface area contributed by atoms with Crippen molar-refractivity contribution in [1.82, 2.24) is 4.98 Å². The van der Waals surface area contributed by atoms with Crippen molar-refractivity contribution in [1.29, 1.82) is 0 Å². The van der Waals surface area contributed by atoms with Gasteiger partial charge in [-0.05, 0) is 33.3 Å². The molecule has 2 rings (SSSR count). The number of pyridine rings is 1. The molecule has 0 aromatic carbocycles. The zero-order valence-corrected chi connectivity index (χ0v) is 12.8. The van der Waals surface area contributed by atoms with Crippen LogP contribution in [0.15, 0.2) is 12.1 Å². The minimum Gasteiger partial charge on any atom is -0.481 e. The Morgan fingerprint density at radius 1 is 1.33 bits per heavy atom. The molecule has 21 heavy (non-hydrogen) atoms. The Balaban J connectivity index is 2.33. The van der Waals surface area contributed by atoms with Crippen LogP contribution in [0.2, 0.25) is 0 Å². The Morgan fingerprint density at radius 2 is 2.05 bits per heavy atom. The molecule has 0 atom stereocenters. The highest BCUT2D eigenvalue weighted by molar-refractivity contribution is 5.96. The van der Waals surface area contributed by atoms with Gasteiger partial charge in [-0.3, -0.25) is 9.69 Å². The molecule has 6 nitrogen and oxygen atoms in total. The van der Waals surface area contributed by atoms with E-state index in [2.05, 4.69) is 4.98 Å². The monoisotopic (exact) mass is 292 g/mol. The van der Waals surface area contributed by atoms with Crippen LogP contribution in [-0.2, 0) is 9.53 Å². The van der Waals surface area contributed by atoms with Crippen molar-refractivity contribution in [3.05, 3.63) is 17.7 Å². The summed E-state index contributed by atoms with van der Waals surface area (Å²) in [7, 11) is 1.47. The summed E-state index contributed by atoms with van der Waals surface area (Å²) >= 11 is 0. The molecule has 1 aromatic heterocycles. The van der Waals surface area contributed by atoms with Gasteiger partial charge in [0, 0.05) is 19.0 Å². The Labute approximate surface area is 124 Å². The molecule has 0 bridgehead atoms. The Bertz CT molecular complexity index is 563. The van der Waals surface area contributed by atoms with Gasteiger partial charge >= 0.3 is 5.97 Å². The van der Waals surface area contributed by atoms with E-state index in [4.69, 9.17) is 9.47 Å². The summed E-state index contributed by atoms with van der Waals surface area (Å²) < 4.78 is 10.5. The van der Waals surface area contributed by atoms with Crippen LogP contribution in [-0.4, -0.2) is 36.1 Å². The summed E-state index contributed by atoms with van der Waals surface area (Å²) in [6, 6.07) is 3.08. The fourth-order valence-electron chi connectivity index (χ4n) is 2.08. The zero-order chi connectivity index (χ0) is 15.6. The van der Waals surface area contributed by atoms with Crippen LogP contribution < -0.4 is 9.64 Å². The van der Waals surface area contributed by atoms with E-state index in [0.29, 0.717) is 24.3 Å². The second kappa shape index (κ2) is 5.71. The number of ether oxygens (including phenoxy) is 2. The minimum absolute atomic E-state index is 0.00546. The number of rotatable bonds is 3. The van der Waals surface area contributed by atoms with Gasteiger partial charge in [0.25, 0.3) is 0 Å². The van der Waals surface area contributed by atoms with E-state index in [-0.39, 0.29) is 11.8 Å². The number of hydrogen-bond acceptors (Lipinski definition) is 5. The first-order chi connectivity index (χ1) is 9.80. The highest BCUT2D eigenvalue weighted by Crippen LogP contribution is 2.25. The van der Waals surface area contributed by atoms with Crippen LogP contribution in [0.3, 0.4) is 0 Å². The van der Waals surface area contributed by atoms with Crippen molar-refractivity contribution in [3.63, 3.8) is 0 Å². The number of anilines is 1. The molecule has 0 spiro atoms. The number of hydrogen-bond donors (Lipinski definition) is 0. The molecule has 1 fully saturated rings. The SMILES string of the molecule is COc1cc(C(=O)OC(C)(C)C)cc(N2CCCC2=O)n1. The molecular weight excluding hydrogens is 272 g/mol. The number of carbonyl (C=O) groups excluding carboxylic acids is 2. The number of aromatic nitrogens is 1. The molecule has 114 valence electrons. The molecule has 6 heteroatoms. The van der Waals surface area contributed by atoms with Crippen molar-refractivity contribution in [2.45, 2.75) is 39.2 Å². The first kappa shape index (κ1) is 15.3. The third-order valence-electron chi connectivity index (χ3n) is 2.98.